The van der Waals surface area contributed by atoms with Gasteiger partial charge in [0.05, 0.1) is 17.8 Å². The molecule has 2 aromatic carbocycles. The highest BCUT2D eigenvalue weighted by Gasteiger charge is 2.41. The van der Waals surface area contributed by atoms with Gasteiger partial charge in [-0.25, -0.2) is 4.98 Å². The van der Waals surface area contributed by atoms with E-state index in [0.29, 0.717) is 11.7 Å². The van der Waals surface area contributed by atoms with E-state index in [4.69, 9.17) is 12.2 Å². The zero-order chi connectivity index (χ0) is 26.8. The number of hydrogen-bond donors (Lipinski definition) is 2. The van der Waals surface area contributed by atoms with Gasteiger partial charge in [-0.05, 0) is 66.5 Å². The zero-order valence-corrected chi connectivity index (χ0v) is 22.3. The average Bonchev–Trinajstić information content (AvgIpc) is 3.57. The summed E-state index contributed by atoms with van der Waals surface area (Å²) in [7, 11) is 0. The summed E-state index contributed by atoms with van der Waals surface area (Å²) in [6.07, 6.45) is 5.94. The molecule has 2 atom stereocenters. The van der Waals surface area contributed by atoms with Gasteiger partial charge < -0.3 is 20.1 Å². The Morgan fingerprint density at radius 2 is 1.82 bits per heavy atom. The second-order valence-corrected chi connectivity index (χ2v) is 10.0. The van der Waals surface area contributed by atoms with Crippen molar-refractivity contribution in [1.82, 2.24) is 24.8 Å². The number of hydrogen-bond acceptors (Lipinski definition) is 4. The van der Waals surface area contributed by atoms with E-state index in [1.165, 1.54) is 0 Å². The molecule has 5 aromatic rings. The number of amides is 1. The summed E-state index contributed by atoms with van der Waals surface area (Å²) in [5.41, 5.74) is 3.81. The van der Waals surface area contributed by atoms with Gasteiger partial charge in [0.15, 0.2) is 5.11 Å². The molecule has 1 amide bonds. The first-order valence-corrected chi connectivity index (χ1v) is 13.4. The first-order chi connectivity index (χ1) is 19.1. The Balaban J connectivity index is 1.29. The average molecular weight is 533 g/mol. The number of carbonyl (C=O) groups excluding carboxylic acids is 1. The van der Waals surface area contributed by atoms with Crippen molar-refractivity contribution in [3.63, 3.8) is 0 Å². The van der Waals surface area contributed by atoms with E-state index in [0.717, 1.165) is 39.2 Å². The zero-order valence-electron chi connectivity index (χ0n) is 21.5. The van der Waals surface area contributed by atoms with Crippen molar-refractivity contribution < 1.29 is 4.79 Å². The van der Waals surface area contributed by atoms with Crippen LogP contribution in [0.5, 0.6) is 0 Å². The Kier molecular flexibility index (Phi) is 6.77. The molecule has 4 heterocycles. The van der Waals surface area contributed by atoms with Gasteiger partial charge in [-0.1, -0.05) is 48.5 Å². The highest BCUT2D eigenvalue weighted by atomic mass is 32.1. The summed E-state index contributed by atoms with van der Waals surface area (Å²) < 4.78 is 2.08. The summed E-state index contributed by atoms with van der Waals surface area (Å²) in [6.45, 7) is 2.47. The lowest BCUT2D eigenvalue weighted by Gasteiger charge is -2.28. The van der Waals surface area contributed by atoms with Gasteiger partial charge in [-0.15, -0.1) is 0 Å². The van der Waals surface area contributed by atoms with Crippen molar-refractivity contribution in [3.05, 3.63) is 120 Å². The van der Waals surface area contributed by atoms with Crippen LogP contribution in [0.1, 0.15) is 35.5 Å². The summed E-state index contributed by atoms with van der Waals surface area (Å²) in [5.74, 6) is 0.761. The lowest BCUT2D eigenvalue weighted by atomic mass is 10.0. The molecule has 194 valence electrons. The number of fused-ring (bicyclic) bond motifs is 1. The van der Waals surface area contributed by atoms with Gasteiger partial charge in [-0.2, -0.15) is 0 Å². The normalized spacial score (nSPS) is 16.8. The highest BCUT2D eigenvalue weighted by molar-refractivity contribution is 7.80. The van der Waals surface area contributed by atoms with Crippen LogP contribution in [0, 0.1) is 6.92 Å². The number of nitrogens with zero attached hydrogens (tertiary/aromatic N) is 4. The van der Waals surface area contributed by atoms with Gasteiger partial charge in [0.1, 0.15) is 5.82 Å². The first-order valence-electron chi connectivity index (χ1n) is 12.9. The van der Waals surface area contributed by atoms with Gasteiger partial charge >= 0.3 is 0 Å². The van der Waals surface area contributed by atoms with Gasteiger partial charge in [0.25, 0.3) is 0 Å². The van der Waals surface area contributed by atoms with Crippen LogP contribution in [0.15, 0.2) is 104 Å². The van der Waals surface area contributed by atoms with Crippen LogP contribution in [0.2, 0.25) is 0 Å². The fraction of sp³-hybridized carbons (Fsp3) is 0.161. The maximum absolute atomic E-state index is 13.2. The summed E-state index contributed by atoms with van der Waals surface area (Å²) in [6, 6.07) is 27.6. The van der Waals surface area contributed by atoms with E-state index >= 15 is 0 Å². The fourth-order valence-electron chi connectivity index (χ4n) is 5.18. The second kappa shape index (κ2) is 10.7. The molecular weight excluding hydrogens is 504 g/mol. The van der Waals surface area contributed by atoms with Gasteiger partial charge in [-0.3, -0.25) is 9.78 Å². The smallest absolute Gasteiger partial charge is 0.226 e. The van der Waals surface area contributed by atoms with E-state index in [1.807, 2.05) is 92.1 Å². The van der Waals surface area contributed by atoms with E-state index in [-0.39, 0.29) is 24.4 Å². The van der Waals surface area contributed by atoms with Crippen LogP contribution in [-0.2, 0) is 4.79 Å². The molecule has 0 spiro atoms. The molecule has 0 unspecified atom stereocenters. The van der Waals surface area contributed by atoms with Crippen LogP contribution < -0.4 is 10.6 Å². The number of benzene rings is 2. The van der Waals surface area contributed by atoms with Crippen molar-refractivity contribution in [2.45, 2.75) is 25.4 Å². The summed E-state index contributed by atoms with van der Waals surface area (Å²) >= 11 is 5.82. The molecule has 39 heavy (non-hydrogen) atoms. The molecule has 1 aliphatic rings. The van der Waals surface area contributed by atoms with E-state index in [9.17, 15) is 4.79 Å². The number of thiocarbonyl (C=S) groups is 1. The number of aromatic nitrogens is 3. The Labute approximate surface area is 232 Å². The van der Waals surface area contributed by atoms with Crippen molar-refractivity contribution in [2.24, 2.45) is 0 Å². The maximum Gasteiger partial charge on any atom is 0.226 e. The third kappa shape index (κ3) is 4.98. The van der Waals surface area contributed by atoms with Crippen LogP contribution in [-0.4, -0.2) is 37.0 Å². The lowest BCUT2D eigenvalue weighted by Crippen LogP contribution is -2.33. The number of anilines is 1. The molecule has 1 fully saturated rings. The monoisotopic (exact) mass is 532 g/mol. The summed E-state index contributed by atoms with van der Waals surface area (Å²) in [5, 5.41) is 9.27. The van der Waals surface area contributed by atoms with E-state index in [1.54, 1.807) is 6.20 Å². The third-order valence-corrected chi connectivity index (χ3v) is 7.42. The van der Waals surface area contributed by atoms with Crippen LogP contribution in [0.3, 0.4) is 0 Å². The number of pyridine rings is 2. The molecule has 0 aliphatic carbocycles. The van der Waals surface area contributed by atoms with Crippen LogP contribution in [0.25, 0.3) is 16.6 Å². The number of rotatable bonds is 7. The van der Waals surface area contributed by atoms with Crippen LogP contribution >= 0.6 is 12.2 Å². The lowest BCUT2D eigenvalue weighted by molar-refractivity contribution is -0.116. The van der Waals surface area contributed by atoms with Gasteiger partial charge in [0, 0.05) is 48.3 Å². The Bertz CT molecular complexity index is 1630. The van der Waals surface area contributed by atoms with Crippen molar-refractivity contribution in [1.29, 1.82) is 0 Å². The molecule has 0 saturated carbocycles. The molecule has 3 aromatic heterocycles. The molecule has 0 bridgehead atoms. The second-order valence-electron chi connectivity index (χ2n) is 9.64. The van der Waals surface area contributed by atoms with Crippen molar-refractivity contribution in [2.75, 3.05) is 11.9 Å². The van der Waals surface area contributed by atoms with Gasteiger partial charge in [0.2, 0.25) is 5.91 Å². The standard InChI is InChI=1S/C31H28N6OS/c1-21-14-15-27(33-20-21)36-18-7-13-26(36)30-29(25-11-4-5-17-32-25)35-31(39)37(30)19-16-28(38)34-24-12-6-9-22-8-2-3-10-23(22)24/h2-15,17-18,20,29-30H,16,19H2,1H3,(H,34,38)(H,35,39)/t29-,30+/m0/s1. The molecule has 6 rings (SSSR count). The number of nitrogens with one attached hydrogen (secondary N) is 2. The topological polar surface area (TPSA) is 75.1 Å². The molecule has 2 N–H and O–H groups in total. The molecule has 0 radical (unpaired) electrons. The predicted molar refractivity (Wildman–Crippen MR) is 158 cm³/mol. The first kappa shape index (κ1) is 24.8. The molecule has 8 heteroatoms. The third-order valence-electron chi connectivity index (χ3n) is 7.07. The van der Waals surface area contributed by atoms with Crippen molar-refractivity contribution >= 4 is 39.7 Å². The SMILES string of the molecule is Cc1ccc(-n2cccc2[C@@H]2[C@H](c3ccccn3)NC(=S)N2CCC(=O)Nc2cccc3ccccc23)nc1. The number of carbonyl (C=O) groups is 1. The Hall–Kier alpha value is -4.56. The largest absolute Gasteiger partial charge is 0.352 e. The molecule has 1 saturated heterocycles. The fourth-order valence-corrected chi connectivity index (χ4v) is 5.52. The van der Waals surface area contributed by atoms with E-state index < -0.39 is 0 Å². The molecule has 7 nitrogen and oxygen atoms in total. The quantitative estimate of drug-likeness (QED) is 0.261. The minimum atomic E-state index is -0.184. The van der Waals surface area contributed by atoms with Crippen LogP contribution in [0.4, 0.5) is 5.69 Å². The Morgan fingerprint density at radius 1 is 0.974 bits per heavy atom. The predicted octanol–water partition coefficient (Wildman–Crippen LogP) is 5.73. The minimum absolute atomic E-state index is 0.0650. The highest BCUT2D eigenvalue weighted by Crippen LogP contribution is 2.39. The van der Waals surface area contributed by atoms with Crippen molar-refractivity contribution in [3.8, 4) is 5.82 Å². The maximum atomic E-state index is 13.2. The minimum Gasteiger partial charge on any atom is -0.352 e. The van der Waals surface area contributed by atoms with E-state index in [2.05, 4.69) is 42.2 Å². The molecular formula is C31H28N6OS. The summed E-state index contributed by atoms with van der Waals surface area (Å²) in [4.78, 5) is 24.5. The number of aryl methyl sites for hydroxylation is 1. The molecule has 1 aliphatic heterocycles. The Morgan fingerprint density at radius 3 is 2.64 bits per heavy atom.